The lowest BCUT2D eigenvalue weighted by Gasteiger charge is -2.09. The van der Waals surface area contributed by atoms with Gasteiger partial charge in [0.25, 0.3) is 0 Å². The van der Waals surface area contributed by atoms with Crippen LogP contribution in [0.2, 0.25) is 0 Å². The molecule has 1 fully saturated rings. The van der Waals surface area contributed by atoms with E-state index >= 15 is 0 Å². The molecule has 1 aromatic rings. The summed E-state index contributed by atoms with van der Waals surface area (Å²) < 4.78 is 4.33. The number of anilines is 1. The number of nitrogens with two attached hydrogens (primary N) is 1. The maximum absolute atomic E-state index is 5.47. The first-order chi connectivity index (χ1) is 6.79. The topological polar surface area (TPSA) is 63.8 Å². The maximum atomic E-state index is 5.47. The number of nitrogens with zero attached hydrogens (tertiary/aromatic N) is 2. The van der Waals surface area contributed by atoms with Crippen molar-refractivity contribution in [3.63, 3.8) is 0 Å². The second-order valence-corrected chi connectivity index (χ2v) is 4.61. The Bertz CT molecular complexity index is 295. The van der Waals surface area contributed by atoms with E-state index in [1.165, 1.54) is 24.4 Å². The van der Waals surface area contributed by atoms with E-state index in [2.05, 4.69) is 21.6 Å². The fraction of sp³-hybridized carbons (Fsp3) is 0.778. The lowest BCUT2D eigenvalue weighted by molar-refractivity contribution is 0.715. The lowest BCUT2D eigenvalue weighted by Crippen LogP contribution is -2.19. The minimum atomic E-state index is 0.389. The summed E-state index contributed by atoms with van der Waals surface area (Å²) in [4.78, 5) is 4.45. The van der Waals surface area contributed by atoms with Crippen LogP contribution in [0.25, 0.3) is 0 Å². The third kappa shape index (κ3) is 2.42. The average molecular weight is 212 g/mol. The summed E-state index contributed by atoms with van der Waals surface area (Å²) in [5, 5.41) is 4.25. The van der Waals surface area contributed by atoms with Gasteiger partial charge in [0.05, 0.1) is 0 Å². The van der Waals surface area contributed by atoms with Gasteiger partial charge in [-0.05, 0) is 32.7 Å². The van der Waals surface area contributed by atoms with Gasteiger partial charge >= 0.3 is 0 Å². The summed E-state index contributed by atoms with van der Waals surface area (Å²) in [6, 6.07) is 0.389. The average Bonchev–Trinajstić information content (AvgIpc) is 2.89. The van der Waals surface area contributed by atoms with Crippen LogP contribution in [0.3, 0.4) is 0 Å². The first-order valence-electron chi connectivity index (χ1n) is 5.10. The van der Waals surface area contributed by atoms with Gasteiger partial charge in [0.15, 0.2) is 0 Å². The highest BCUT2D eigenvalue weighted by atomic mass is 32.1. The van der Waals surface area contributed by atoms with Crippen LogP contribution in [0.5, 0.6) is 0 Å². The lowest BCUT2D eigenvalue weighted by atomic mass is 10.2. The predicted octanol–water partition coefficient (Wildman–Crippen LogP) is 1.56. The Morgan fingerprint density at radius 3 is 3.07 bits per heavy atom. The van der Waals surface area contributed by atoms with Crippen molar-refractivity contribution in [1.29, 1.82) is 0 Å². The van der Waals surface area contributed by atoms with Crippen molar-refractivity contribution >= 4 is 16.7 Å². The van der Waals surface area contributed by atoms with Gasteiger partial charge in [-0.15, -0.1) is 0 Å². The van der Waals surface area contributed by atoms with Gasteiger partial charge in [-0.3, -0.25) is 0 Å². The molecule has 1 unspecified atom stereocenters. The molecule has 1 aliphatic rings. The molecule has 14 heavy (non-hydrogen) atoms. The quantitative estimate of drug-likeness (QED) is 0.777. The molecule has 0 spiro atoms. The van der Waals surface area contributed by atoms with Crippen molar-refractivity contribution in [2.24, 2.45) is 5.73 Å². The van der Waals surface area contributed by atoms with E-state index < -0.39 is 0 Å². The van der Waals surface area contributed by atoms with Crippen molar-refractivity contribution < 1.29 is 0 Å². The molecular formula is C9H16N4S. The molecule has 0 aliphatic heterocycles. The predicted molar refractivity (Wildman–Crippen MR) is 58.6 cm³/mol. The zero-order chi connectivity index (χ0) is 9.97. The van der Waals surface area contributed by atoms with Gasteiger partial charge in [0.1, 0.15) is 5.82 Å². The van der Waals surface area contributed by atoms with E-state index in [9.17, 15) is 0 Å². The highest BCUT2D eigenvalue weighted by molar-refractivity contribution is 7.09. The standard InChI is InChI=1S/C9H16N4S/c1-6(4-5-10)11-9-12-8(13-14-9)7-2-3-7/h6-7H,2-5,10H2,1H3,(H,11,12,13). The van der Waals surface area contributed by atoms with Crippen LogP contribution >= 0.6 is 11.5 Å². The maximum Gasteiger partial charge on any atom is 0.202 e. The Hall–Kier alpha value is -0.680. The summed E-state index contributed by atoms with van der Waals surface area (Å²) in [7, 11) is 0. The van der Waals surface area contributed by atoms with Crippen LogP contribution in [0.15, 0.2) is 0 Å². The van der Waals surface area contributed by atoms with Gasteiger partial charge < -0.3 is 11.1 Å². The number of hydrogen-bond acceptors (Lipinski definition) is 5. The van der Waals surface area contributed by atoms with Crippen LogP contribution in [0, 0.1) is 0 Å². The van der Waals surface area contributed by atoms with Crippen molar-refractivity contribution in [2.45, 2.75) is 38.1 Å². The Labute approximate surface area is 88.1 Å². The van der Waals surface area contributed by atoms with Crippen LogP contribution in [0.1, 0.15) is 37.9 Å². The summed E-state index contributed by atoms with van der Waals surface area (Å²) in [5.74, 6) is 1.67. The number of aromatic nitrogens is 2. The molecule has 1 saturated carbocycles. The zero-order valence-corrected chi connectivity index (χ0v) is 9.18. The first-order valence-corrected chi connectivity index (χ1v) is 5.87. The zero-order valence-electron chi connectivity index (χ0n) is 8.36. The molecule has 78 valence electrons. The monoisotopic (exact) mass is 212 g/mol. The third-order valence-corrected chi connectivity index (χ3v) is 3.01. The van der Waals surface area contributed by atoms with Crippen molar-refractivity contribution in [3.8, 4) is 0 Å². The molecule has 4 nitrogen and oxygen atoms in total. The van der Waals surface area contributed by atoms with Gasteiger partial charge in [-0.2, -0.15) is 4.37 Å². The second kappa shape index (κ2) is 4.23. The minimum Gasteiger partial charge on any atom is -0.358 e. The summed E-state index contributed by atoms with van der Waals surface area (Å²) in [5.41, 5.74) is 5.47. The molecule has 2 rings (SSSR count). The van der Waals surface area contributed by atoms with Crippen molar-refractivity contribution in [2.75, 3.05) is 11.9 Å². The fourth-order valence-corrected chi connectivity index (χ4v) is 2.09. The molecule has 0 aromatic carbocycles. The van der Waals surface area contributed by atoms with Crippen molar-refractivity contribution in [1.82, 2.24) is 9.36 Å². The summed E-state index contributed by atoms with van der Waals surface area (Å²) >= 11 is 1.46. The Morgan fingerprint density at radius 2 is 2.43 bits per heavy atom. The van der Waals surface area contributed by atoms with Crippen LogP contribution < -0.4 is 11.1 Å². The van der Waals surface area contributed by atoms with E-state index in [1.807, 2.05) is 0 Å². The molecular weight excluding hydrogens is 196 g/mol. The normalized spacial score (nSPS) is 18.1. The summed E-state index contributed by atoms with van der Waals surface area (Å²) in [6.45, 7) is 2.83. The Morgan fingerprint density at radius 1 is 1.64 bits per heavy atom. The molecule has 5 heteroatoms. The molecule has 0 saturated heterocycles. The Kier molecular flexibility index (Phi) is 2.98. The van der Waals surface area contributed by atoms with E-state index in [0.717, 1.165) is 17.4 Å². The van der Waals surface area contributed by atoms with Gasteiger partial charge in [0.2, 0.25) is 5.13 Å². The van der Waals surface area contributed by atoms with Crippen molar-refractivity contribution in [3.05, 3.63) is 5.82 Å². The van der Waals surface area contributed by atoms with E-state index in [-0.39, 0.29) is 0 Å². The number of rotatable bonds is 5. The molecule has 0 radical (unpaired) electrons. The number of nitrogens with one attached hydrogen (secondary N) is 1. The fourth-order valence-electron chi connectivity index (χ4n) is 1.33. The highest BCUT2D eigenvalue weighted by Gasteiger charge is 2.27. The van der Waals surface area contributed by atoms with Gasteiger partial charge in [0, 0.05) is 23.5 Å². The Balaban J connectivity index is 1.88. The number of hydrogen-bond donors (Lipinski definition) is 2. The molecule has 1 aromatic heterocycles. The molecule has 0 bridgehead atoms. The first kappa shape index (κ1) is 9.86. The van der Waals surface area contributed by atoms with Crippen LogP contribution in [-0.4, -0.2) is 21.9 Å². The summed E-state index contributed by atoms with van der Waals surface area (Å²) in [6.07, 6.45) is 3.49. The molecule has 3 N–H and O–H groups in total. The minimum absolute atomic E-state index is 0.389. The third-order valence-electron chi connectivity index (χ3n) is 2.35. The molecule has 1 atom stereocenters. The second-order valence-electron chi connectivity index (χ2n) is 3.85. The largest absolute Gasteiger partial charge is 0.358 e. The van der Waals surface area contributed by atoms with Gasteiger partial charge in [-0.25, -0.2) is 4.98 Å². The SMILES string of the molecule is CC(CCN)Nc1nc(C2CC2)ns1. The molecule has 1 aliphatic carbocycles. The van der Waals surface area contributed by atoms with Gasteiger partial charge in [-0.1, -0.05) is 0 Å². The van der Waals surface area contributed by atoms with E-state index in [1.54, 1.807) is 0 Å². The van der Waals surface area contributed by atoms with E-state index in [4.69, 9.17) is 5.73 Å². The smallest absolute Gasteiger partial charge is 0.202 e. The highest BCUT2D eigenvalue weighted by Crippen LogP contribution is 2.39. The molecule has 1 heterocycles. The molecule has 0 amide bonds. The van der Waals surface area contributed by atoms with Crippen LogP contribution in [0.4, 0.5) is 5.13 Å². The van der Waals surface area contributed by atoms with E-state index in [0.29, 0.717) is 18.5 Å². The van der Waals surface area contributed by atoms with Crippen LogP contribution in [-0.2, 0) is 0 Å².